The number of nitrogens with one attached hydrogen (secondary N) is 1. The van der Waals surface area contributed by atoms with E-state index in [2.05, 4.69) is 10.1 Å². The molecule has 1 N–H and O–H groups in total. The fourth-order valence-electron chi connectivity index (χ4n) is 2.84. The number of methoxy groups -OCH3 is 1. The molecule has 1 fully saturated rings. The number of benzene rings is 1. The van der Waals surface area contributed by atoms with Crippen LogP contribution in [-0.2, 0) is 25.7 Å². The Morgan fingerprint density at radius 3 is 2.76 bits per heavy atom. The van der Waals surface area contributed by atoms with Crippen LogP contribution in [0.25, 0.3) is 0 Å². The van der Waals surface area contributed by atoms with Gasteiger partial charge in [0.1, 0.15) is 6.04 Å². The molecule has 1 aromatic rings. The fourth-order valence-corrected chi connectivity index (χ4v) is 2.84. The van der Waals surface area contributed by atoms with E-state index in [9.17, 15) is 14.4 Å². The van der Waals surface area contributed by atoms with Crippen LogP contribution in [0.1, 0.15) is 17.5 Å². The molecule has 2 rings (SSSR count). The summed E-state index contributed by atoms with van der Waals surface area (Å²) in [6.07, 6.45) is -0.0584. The maximum atomic E-state index is 12.6. The van der Waals surface area contributed by atoms with Gasteiger partial charge in [-0.1, -0.05) is 24.3 Å². The summed E-state index contributed by atoms with van der Waals surface area (Å²) in [6, 6.07) is 7.24. The number of ether oxygens (including phenoxy) is 1. The maximum absolute atomic E-state index is 12.6. The second-order valence-electron chi connectivity index (χ2n) is 6.23. The third-order valence-corrected chi connectivity index (χ3v) is 4.46. The number of piperazine rings is 1. The highest BCUT2D eigenvalue weighted by Gasteiger charge is 2.33. The van der Waals surface area contributed by atoms with Gasteiger partial charge < -0.3 is 15.0 Å². The average Bonchev–Trinajstić information content (AvgIpc) is 2.59. The summed E-state index contributed by atoms with van der Waals surface area (Å²) < 4.78 is 4.65. The van der Waals surface area contributed by atoms with E-state index in [1.807, 2.05) is 31.2 Å². The predicted molar refractivity (Wildman–Crippen MR) is 92.7 cm³/mol. The van der Waals surface area contributed by atoms with Crippen molar-refractivity contribution >= 4 is 17.8 Å². The minimum Gasteiger partial charge on any atom is -0.469 e. The number of carbonyl (C=O) groups excluding carboxylic acids is 3. The molecule has 0 saturated carbocycles. The van der Waals surface area contributed by atoms with Crippen molar-refractivity contribution in [2.24, 2.45) is 0 Å². The molecule has 136 valence electrons. The van der Waals surface area contributed by atoms with E-state index in [0.29, 0.717) is 19.6 Å². The number of esters is 1. The van der Waals surface area contributed by atoms with Crippen molar-refractivity contribution in [3.63, 3.8) is 0 Å². The molecule has 1 atom stereocenters. The molecule has 0 aliphatic carbocycles. The number of likely N-dealkylation sites (N-methyl/N-ethyl adjacent to an activating group) is 1. The first kappa shape index (κ1) is 18.9. The smallest absolute Gasteiger partial charge is 0.307 e. The van der Waals surface area contributed by atoms with E-state index in [-0.39, 0.29) is 24.8 Å². The van der Waals surface area contributed by atoms with E-state index in [4.69, 9.17) is 0 Å². The minimum absolute atomic E-state index is 0.0584. The molecule has 7 heteroatoms. The Hall–Kier alpha value is -2.41. The highest BCUT2D eigenvalue weighted by Crippen LogP contribution is 2.12. The zero-order valence-electron chi connectivity index (χ0n) is 14.9. The molecular formula is C18H25N3O4. The zero-order valence-corrected chi connectivity index (χ0v) is 14.9. The van der Waals surface area contributed by atoms with Crippen LogP contribution in [0.5, 0.6) is 0 Å². The first-order valence-electron chi connectivity index (χ1n) is 8.29. The van der Waals surface area contributed by atoms with Crippen molar-refractivity contribution < 1.29 is 19.1 Å². The molecule has 1 aromatic carbocycles. The molecule has 2 amide bonds. The molecular weight excluding hydrogens is 322 g/mol. The third-order valence-electron chi connectivity index (χ3n) is 4.46. The summed E-state index contributed by atoms with van der Waals surface area (Å²) in [5.41, 5.74) is 2.21. The lowest BCUT2D eigenvalue weighted by Gasteiger charge is -2.34. The van der Waals surface area contributed by atoms with Crippen LogP contribution in [0.4, 0.5) is 0 Å². The SMILES string of the molecule is COC(=O)C[C@@H]1C(=O)NCCN1CC(=O)N(C)Cc1ccccc1C. The lowest BCUT2D eigenvalue weighted by molar-refractivity contribution is -0.147. The molecule has 0 unspecified atom stereocenters. The summed E-state index contributed by atoms with van der Waals surface area (Å²) in [5, 5.41) is 2.73. The van der Waals surface area contributed by atoms with Crippen LogP contribution < -0.4 is 5.32 Å². The Bertz CT molecular complexity index is 647. The summed E-state index contributed by atoms with van der Waals surface area (Å²) in [6.45, 7) is 3.60. The van der Waals surface area contributed by atoms with Crippen molar-refractivity contribution in [2.75, 3.05) is 33.8 Å². The van der Waals surface area contributed by atoms with E-state index < -0.39 is 12.0 Å². The van der Waals surface area contributed by atoms with Crippen molar-refractivity contribution in [3.8, 4) is 0 Å². The standard InChI is InChI=1S/C18H25N3O4/c1-13-6-4-5-7-14(13)11-20(2)16(22)12-21-9-8-19-18(24)15(21)10-17(23)25-3/h4-7,15H,8-12H2,1-3H3,(H,19,24)/t15-/m1/s1. The number of hydrogen-bond acceptors (Lipinski definition) is 5. The van der Waals surface area contributed by atoms with E-state index in [1.54, 1.807) is 16.8 Å². The van der Waals surface area contributed by atoms with Gasteiger partial charge in [0.2, 0.25) is 11.8 Å². The molecule has 25 heavy (non-hydrogen) atoms. The average molecular weight is 347 g/mol. The van der Waals surface area contributed by atoms with Crippen molar-refractivity contribution in [1.82, 2.24) is 15.1 Å². The lowest BCUT2D eigenvalue weighted by atomic mass is 10.1. The van der Waals surface area contributed by atoms with E-state index in [0.717, 1.165) is 11.1 Å². The Morgan fingerprint density at radius 2 is 2.08 bits per heavy atom. The van der Waals surface area contributed by atoms with Crippen LogP contribution in [0.2, 0.25) is 0 Å². The van der Waals surface area contributed by atoms with Gasteiger partial charge in [-0.05, 0) is 18.1 Å². The van der Waals surface area contributed by atoms with Gasteiger partial charge in [-0.2, -0.15) is 0 Å². The molecule has 7 nitrogen and oxygen atoms in total. The van der Waals surface area contributed by atoms with Gasteiger partial charge >= 0.3 is 5.97 Å². The lowest BCUT2D eigenvalue weighted by Crippen LogP contribution is -2.58. The Kier molecular flexibility index (Phi) is 6.52. The van der Waals surface area contributed by atoms with Crippen LogP contribution >= 0.6 is 0 Å². The van der Waals surface area contributed by atoms with Gasteiger partial charge in [0.05, 0.1) is 20.1 Å². The molecule has 0 aromatic heterocycles. The van der Waals surface area contributed by atoms with Gasteiger partial charge in [0.25, 0.3) is 0 Å². The summed E-state index contributed by atoms with van der Waals surface area (Å²) in [4.78, 5) is 39.6. The topological polar surface area (TPSA) is 79.0 Å². The number of amides is 2. The molecule has 0 bridgehead atoms. The van der Waals surface area contributed by atoms with Crippen molar-refractivity contribution in [3.05, 3.63) is 35.4 Å². The normalized spacial score (nSPS) is 17.7. The number of hydrogen-bond donors (Lipinski definition) is 1. The van der Waals surface area contributed by atoms with Gasteiger partial charge in [0.15, 0.2) is 0 Å². The van der Waals surface area contributed by atoms with Gasteiger partial charge in [-0.3, -0.25) is 19.3 Å². The number of rotatable bonds is 6. The summed E-state index contributed by atoms with van der Waals surface area (Å²) in [5.74, 6) is -0.799. The van der Waals surface area contributed by atoms with Gasteiger partial charge in [-0.15, -0.1) is 0 Å². The molecule has 0 spiro atoms. The molecule has 1 aliphatic heterocycles. The van der Waals surface area contributed by atoms with E-state index in [1.165, 1.54) is 7.11 Å². The quantitative estimate of drug-likeness (QED) is 0.750. The maximum Gasteiger partial charge on any atom is 0.307 e. The van der Waals surface area contributed by atoms with Crippen molar-refractivity contribution in [1.29, 1.82) is 0 Å². The van der Waals surface area contributed by atoms with Gasteiger partial charge in [0, 0.05) is 26.7 Å². The zero-order chi connectivity index (χ0) is 18.4. The summed E-state index contributed by atoms with van der Waals surface area (Å²) in [7, 11) is 3.03. The van der Waals surface area contributed by atoms with Crippen LogP contribution in [-0.4, -0.2) is 67.4 Å². The monoisotopic (exact) mass is 347 g/mol. The number of nitrogens with zero attached hydrogens (tertiary/aromatic N) is 2. The van der Waals surface area contributed by atoms with Gasteiger partial charge in [-0.25, -0.2) is 0 Å². The molecule has 0 radical (unpaired) electrons. The predicted octanol–water partition coefficient (Wildman–Crippen LogP) is 0.317. The first-order valence-corrected chi connectivity index (χ1v) is 8.29. The molecule has 1 heterocycles. The van der Waals surface area contributed by atoms with Crippen LogP contribution in [0, 0.1) is 6.92 Å². The fraction of sp³-hybridized carbons (Fsp3) is 0.500. The Morgan fingerprint density at radius 1 is 1.36 bits per heavy atom. The first-order chi connectivity index (χ1) is 11.9. The number of carbonyl (C=O) groups is 3. The highest BCUT2D eigenvalue weighted by molar-refractivity contribution is 5.88. The summed E-state index contributed by atoms with van der Waals surface area (Å²) >= 11 is 0. The largest absolute Gasteiger partial charge is 0.469 e. The van der Waals surface area contributed by atoms with Crippen LogP contribution in [0.3, 0.4) is 0 Å². The van der Waals surface area contributed by atoms with E-state index >= 15 is 0 Å². The van der Waals surface area contributed by atoms with Crippen LogP contribution in [0.15, 0.2) is 24.3 Å². The molecule has 1 saturated heterocycles. The third kappa shape index (κ3) is 5.03. The second-order valence-corrected chi connectivity index (χ2v) is 6.23. The Balaban J connectivity index is 2.00. The minimum atomic E-state index is -0.669. The highest BCUT2D eigenvalue weighted by atomic mass is 16.5. The second kappa shape index (κ2) is 8.62. The number of aryl methyl sites for hydroxylation is 1. The Labute approximate surface area is 147 Å². The van der Waals surface area contributed by atoms with Crippen molar-refractivity contribution in [2.45, 2.75) is 25.9 Å². The molecule has 1 aliphatic rings.